The third-order valence-corrected chi connectivity index (χ3v) is 2.34. The largest absolute Gasteiger partial charge is 0.469 e. The van der Waals surface area contributed by atoms with Gasteiger partial charge in [-0.15, -0.1) is 9.36 Å². The van der Waals surface area contributed by atoms with Gasteiger partial charge in [0.1, 0.15) is 12.3 Å². The number of amides is 1. The number of rotatable bonds is 5. The molecule has 0 atom stereocenters. The monoisotopic (exact) mass is 235 g/mol. The minimum Gasteiger partial charge on any atom is -0.469 e. The molecule has 0 aliphatic carbocycles. The van der Waals surface area contributed by atoms with E-state index in [0.717, 1.165) is 12.3 Å². The van der Waals surface area contributed by atoms with E-state index in [1.54, 1.807) is 28.3 Å². The van der Waals surface area contributed by atoms with E-state index in [4.69, 9.17) is 4.42 Å². The Bertz CT molecular complexity index is 475. The van der Waals surface area contributed by atoms with Crippen molar-refractivity contribution in [2.75, 3.05) is 5.43 Å². The highest BCUT2D eigenvalue weighted by molar-refractivity contribution is 5.81. The van der Waals surface area contributed by atoms with E-state index in [9.17, 15) is 4.79 Å². The van der Waals surface area contributed by atoms with Crippen LogP contribution in [0.25, 0.3) is 0 Å². The Morgan fingerprint density at radius 3 is 3.18 bits per heavy atom. The molecule has 2 aromatic rings. The molecule has 90 valence electrons. The number of carbonyl (C=O) groups excluding carboxylic acids is 1. The van der Waals surface area contributed by atoms with Crippen molar-refractivity contribution in [2.45, 2.75) is 26.3 Å². The zero-order valence-electron chi connectivity index (χ0n) is 9.67. The number of nitrogens with one attached hydrogen (secondary N) is 1. The van der Waals surface area contributed by atoms with Gasteiger partial charge in [-0.05, 0) is 19.1 Å². The summed E-state index contributed by atoms with van der Waals surface area (Å²) in [6.45, 7) is 2.76. The standard InChI is InChI=1S/C11H14N4O2/c1-2-14-9-15(8-12-14)13-11(16)6-5-10-4-3-7-17-10/h3-4,7-9H,2,5-6H2,1H3/p+1. The molecule has 2 rings (SSSR count). The summed E-state index contributed by atoms with van der Waals surface area (Å²) < 4.78 is 8.43. The molecule has 0 unspecified atom stereocenters. The zero-order chi connectivity index (χ0) is 12.1. The van der Waals surface area contributed by atoms with Gasteiger partial charge < -0.3 is 4.42 Å². The average Bonchev–Trinajstić information content (AvgIpc) is 2.97. The van der Waals surface area contributed by atoms with Crippen molar-refractivity contribution in [1.82, 2.24) is 9.78 Å². The van der Waals surface area contributed by atoms with Gasteiger partial charge in [0.05, 0.1) is 6.26 Å². The van der Waals surface area contributed by atoms with Crippen LogP contribution in [-0.2, 0) is 17.8 Å². The number of furan rings is 1. The van der Waals surface area contributed by atoms with Gasteiger partial charge in [0, 0.05) is 17.9 Å². The van der Waals surface area contributed by atoms with Gasteiger partial charge in [0.2, 0.25) is 12.2 Å². The second kappa shape index (κ2) is 5.29. The van der Waals surface area contributed by atoms with Crippen molar-refractivity contribution >= 4 is 5.91 Å². The summed E-state index contributed by atoms with van der Waals surface area (Å²) in [5.41, 5.74) is 2.71. The van der Waals surface area contributed by atoms with Crippen LogP contribution in [0.4, 0.5) is 0 Å². The zero-order valence-corrected chi connectivity index (χ0v) is 9.67. The van der Waals surface area contributed by atoms with E-state index in [1.165, 1.54) is 0 Å². The molecule has 1 amide bonds. The van der Waals surface area contributed by atoms with E-state index >= 15 is 0 Å². The van der Waals surface area contributed by atoms with Crippen LogP contribution in [0.15, 0.2) is 35.5 Å². The molecule has 0 radical (unpaired) electrons. The molecule has 0 aliphatic rings. The quantitative estimate of drug-likeness (QED) is 0.767. The second-order valence-corrected chi connectivity index (χ2v) is 3.62. The van der Waals surface area contributed by atoms with Crippen LogP contribution in [-0.4, -0.2) is 15.7 Å². The predicted molar refractivity (Wildman–Crippen MR) is 59.5 cm³/mol. The lowest BCUT2D eigenvalue weighted by Gasteiger charge is -1.99. The molecular weight excluding hydrogens is 220 g/mol. The predicted octanol–water partition coefficient (Wildman–Crippen LogP) is 0.486. The molecule has 0 aliphatic heterocycles. The maximum Gasteiger partial charge on any atom is 0.287 e. The summed E-state index contributed by atoms with van der Waals surface area (Å²) in [4.78, 5) is 11.6. The van der Waals surface area contributed by atoms with Crippen molar-refractivity contribution in [2.24, 2.45) is 0 Å². The molecule has 0 fully saturated rings. The van der Waals surface area contributed by atoms with Gasteiger partial charge in [0.25, 0.3) is 6.33 Å². The lowest BCUT2D eigenvalue weighted by molar-refractivity contribution is -0.643. The maximum atomic E-state index is 11.6. The molecule has 6 heteroatoms. The van der Waals surface area contributed by atoms with E-state index in [1.807, 2.05) is 19.1 Å². The Balaban J connectivity index is 1.81. The minimum atomic E-state index is -0.0675. The van der Waals surface area contributed by atoms with E-state index in [0.29, 0.717) is 12.8 Å². The Morgan fingerprint density at radius 1 is 1.65 bits per heavy atom. The van der Waals surface area contributed by atoms with Gasteiger partial charge in [-0.2, -0.15) is 0 Å². The molecule has 0 aromatic carbocycles. The van der Waals surface area contributed by atoms with Crippen molar-refractivity contribution in [3.63, 3.8) is 0 Å². The van der Waals surface area contributed by atoms with Gasteiger partial charge in [-0.3, -0.25) is 4.79 Å². The summed E-state index contributed by atoms with van der Waals surface area (Å²) in [6.07, 6.45) is 5.88. The summed E-state index contributed by atoms with van der Waals surface area (Å²) in [5.74, 6) is 0.747. The van der Waals surface area contributed by atoms with Crippen molar-refractivity contribution in [1.29, 1.82) is 0 Å². The smallest absolute Gasteiger partial charge is 0.287 e. The van der Waals surface area contributed by atoms with Crippen LogP contribution >= 0.6 is 0 Å². The van der Waals surface area contributed by atoms with Crippen LogP contribution in [0, 0.1) is 0 Å². The molecule has 0 saturated heterocycles. The first-order chi connectivity index (χ1) is 8.28. The molecule has 0 bridgehead atoms. The average molecular weight is 235 g/mol. The van der Waals surface area contributed by atoms with Crippen molar-refractivity contribution in [3.05, 3.63) is 36.8 Å². The highest BCUT2D eigenvalue weighted by Gasteiger charge is 2.08. The fourth-order valence-electron chi connectivity index (χ4n) is 1.44. The molecule has 0 spiro atoms. The summed E-state index contributed by atoms with van der Waals surface area (Å²) in [7, 11) is 0. The van der Waals surface area contributed by atoms with E-state index in [2.05, 4.69) is 10.5 Å². The second-order valence-electron chi connectivity index (χ2n) is 3.62. The fourth-order valence-corrected chi connectivity index (χ4v) is 1.44. The number of hydrogen-bond acceptors (Lipinski definition) is 3. The molecular formula is C11H15N4O2+. The highest BCUT2D eigenvalue weighted by atomic mass is 16.3. The lowest BCUT2D eigenvalue weighted by atomic mass is 10.2. The Labute approximate surface area is 98.8 Å². The van der Waals surface area contributed by atoms with Crippen LogP contribution in [0.3, 0.4) is 0 Å². The molecule has 2 heterocycles. The van der Waals surface area contributed by atoms with Crippen molar-refractivity contribution < 1.29 is 13.9 Å². The summed E-state index contributed by atoms with van der Waals surface area (Å²) in [5, 5.41) is 4.04. The molecule has 0 saturated carbocycles. The first kappa shape index (κ1) is 11.4. The van der Waals surface area contributed by atoms with E-state index < -0.39 is 0 Å². The third kappa shape index (κ3) is 3.17. The number of aromatic nitrogens is 3. The topological polar surface area (TPSA) is 63.9 Å². The lowest BCUT2D eigenvalue weighted by Crippen LogP contribution is -2.46. The number of hydrogen-bond donors (Lipinski definition) is 1. The maximum absolute atomic E-state index is 11.6. The summed E-state index contributed by atoms with van der Waals surface area (Å²) in [6, 6.07) is 3.67. The Morgan fingerprint density at radius 2 is 2.53 bits per heavy atom. The molecule has 1 N–H and O–H groups in total. The van der Waals surface area contributed by atoms with Crippen LogP contribution < -0.4 is 10.1 Å². The minimum absolute atomic E-state index is 0.0675. The van der Waals surface area contributed by atoms with Gasteiger partial charge in [-0.25, -0.2) is 5.43 Å². The first-order valence-corrected chi connectivity index (χ1v) is 5.54. The van der Waals surface area contributed by atoms with Crippen LogP contribution in [0.5, 0.6) is 0 Å². The fraction of sp³-hybridized carbons (Fsp3) is 0.364. The van der Waals surface area contributed by atoms with Crippen molar-refractivity contribution in [3.8, 4) is 0 Å². The molecule has 2 aromatic heterocycles. The van der Waals surface area contributed by atoms with Gasteiger partial charge in [-0.1, -0.05) is 0 Å². The summed E-state index contributed by atoms with van der Waals surface area (Å²) >= 11 is 0. The van der Waals surface area contributed by atoms with Gasteiger partial charge >= 0.3 is 0 Å². The molecule has 6 nitrogen and oxygen atoms in total. The van der Waals surface area contributed by atoms with Crippen LogP contribution in [0.2, 0.25) is 0 Å². The third-order valence-electron chi connectivity index (χ3n) is 2.34. The number of nitrogens with zero attached hydrogens (tertiary/aromatic N) is 3. The SMILES string of the molecule is CCn1c[n+](NC(=O)CCc2ccco2)cn1. The van der Waals surface area contributed by atoms with E-state index in [-0.39, 0.29) is 5.91 Å². The number of carbonyl (C=O) groups is 1. The van der Waals surface area contributed by atoms with Gasteiger partial charge in [0.15, 0.2) is 0 Å². The number of aryl methyl sites for hydroxylation is 2. The molecule has 17 heavy (non-hydrogen) atoms. The highest BCUT2D eigenvalue weighted by Crippen LogP contribution is 2.02. The first-order valence-electron chi connectivity index (χ1n) is 5.54. The Kier molecular flexibility index (Phi) is 3.54. The Hall–Kier alpha value is -2.11. The van der Waals surface area contributed by atoms with Crippen LogP contribution in [0.1, 0.15) is 19.1 Å². The normalized spacial score (nSPS) is 10.4.